The normalized spacial score (nSPS) is 9.88. The number of hydrogen-bond acceptors (Lipinski definition) is 4. The molecule has 0 atom stereocenters. The standard InChI is InChI=1S/C13H15N3O/c14-12-7-4-8-15-13(12)16-9-10-17-11-5-2-1-3-6-11/h1-8H,9-10,14H2,(H,15,16). The molecular weight excluding hydrogens is 214 g/mol. The van der Waals surface area contributed by atoms with Crippen molar-refractivity contribution in [1.82, 2.24) is 4.98 Å². The average molecular weight is 229 g/mol. The Morgan fingerprint density at radius 2 is 1.94 bits per heavy atom. The molecular formula is C13H15N3O. The summed E-state index contributed by atoms with van der Waals surface area (Å²) in [5, 5.41) is 3.12. The number of nitrogen functional groups attached to an aromatic ring is 1. The van der Waals surface area contributed by atoms with Crippen molar-refractivity contribution in [2.24, 2.45) is 0 Å². The molecule has 1 aromatic heterocycles. The van der Waals surface area contributed by atoms with Crippen LogP contribution in [0.15, 0.2) is 48.7 Å². The Balaban J connectivity index is 1.76. The molecule has 88 valence electrons. The molecule has 0 saturated carbocycles. The number of anilines is 2. The van der Waals surface area contributed by atoms with Crippen LogP contribution in [0.25, 0.3) is 0 Å². The zero-order valence-corrected chi connectivity index (χ0v) is 9.47. The number of pyridine rings is 1. The number of para-hydroxylation sites is 1. The maximum atomic E-state index is 5.75. The maximum absolute atomic E-state index is 5.75. The second kappa shape index (κ2) is 5.75. The van der Waals surface area contributed by atoms with Crippen LogP contribution in [-0.2, 0) is 0 Å². The van der Waals surface area contributed by atoms with Crippen LogP contribution in [0.2, 0.25) is 0 Å². The summed E-state index contributed by atoms with van der Waals surface area (Å²) in [6.45, 7) is 1.23. The summed E-state index contributed by atoms with van der Waals surface area (Å²) < 4.78 is 5.54. The number of rotatable bonds is 5. The molecule has 0 fully saturated rings. The summed E-state index contributed by atoms with van der Waals surface area (Å²) in [5.41, 5.74) is 6.39. The van der Waals surface area contributed by atoms with E-state index in [9.17, 15) is 0 Å². The minimum Gasteiger partial charge on any atom is -0.492 e. The van der Waals surface area contributed by atoms with Gasteiger partial charge in [0.1, 0.15) is 18.2 Å². The topological polar surface area (TPSA) is 60.2 Å². The van der Waals surface area contributed by atoms with Gasteiger partial charge in [0.25, 0.3) is 0 Å². The van der Waals surface area contributed by atoms with E-state index in [2.05, 4.69) is 10.3 Å². The summed E-state index contributed by atoms with van der Waals surface area (Å²) in [5.74, 6) is 1.56. The van der Waals surface area contributed by atoms with Gasteiger partial charge in [0.2, 0.25) is 0 Å². The Bertz CT molecular complexity index is 459. The summed E-state index contributed by atoms with van der Waals surface area (Å²) >= 11 is 0. The van der Waals surface area contributed by atoms with Crippen molar-refractivity contribution in [3.05, 3.63) is 48.7 Å². The van der Waals surface area contributed by atoms with Gasteiger partial charge in [-0.2, -0.15) is 0 Å². The quantitative estimate of drug-likeness (QED) is 0.771. The van der Waals surface area contributed by atoms with Gasteiger partial charge in [-0.1, -0.05) is 18.2 Å². The first-order chi connectivity index (χ1) is 8.36. The summed E-state index contributed by atoms with van der Waals surface area (Å²) in [6, 6.07) is 13.3. The van der Waals surface area contributed by atoms with E-state index in [-0.39, 0.29) is 0 Å². The van der Waals surface area contributed by atoms with Crippen molar-refractivity contribution >= 4 is 11.5 Å². The van der Waals surface area contributed by atoms with Crippen molar-refractivity contribution in [1.29, 1.82) is 0 Å². The molecule has 0 aliphatic heterocycles. The lowest BCUT2D eigenvalue weighted by Crippen LogP contribution is -2.13. The third-order valence-corrected chi connectivity index (χ3v) is 2.25. The van der Waals surface area contributed by atoms with Crippen LogP contribution < -0.4 is 15.8 Å². The Labute approximate surface area is 100 Å². The summed E-state index contributed by atoms with van der Waals surface area (Å²) in [6.07, 6.45) is 1.71. The van der Waals surface area contributed by atoms with E-state index in [0.29, 0.717) is 24.7 Å². The van der Waals surface area contributed by atoms with Crippen LogP contribution in [0.1, 0.15) is 0 Å². The van der Waals surface area contributed by atoms with Gasteiger partial charge in [0.15, 0.2) is 0 Å². The Kier molecular flexibility index (Phi) is 3.81. The highest BCUT2D eigenvalue weighted by atomic mass is 16.5. The first kappa shape index (κ1) is 11.3. The smallest absolute Gasteiger partial charge is 0.149 e. The lowest BCUT2D eigenvalue weighted by atomic mass is 10.3. The number of ether oxygens (including phenoxy) is 1. The van der Waals surface area contributed by atoms with Crippen LogP contribution in [0, 0.1) is 0 Å². The second-order valence-electron chi connectivity index (χ2n) is 3.53. The lowest BCUT2D eigenvalue weighted by Gasteiger charge is -2.09. The molecule has 1 aromatic carbocycles. The summed E-state index contributed by atoms with van der Waals surface area (Å²) in [7, 11) is 0. The van der Waals surface area contributed by atoms with Gasteiger partial charge in [-0.25, -0.2) is 4.98 Å². The molecule has 0 saturated heterocycles. The third-order valence-electron chi connectivity index (χ3n) is 2.25. The first-order valence-electron chi connectivity index (χ1n) is 5.48. The average Bonchev–Trinajstić information content (AvgIpc) is 2.38. The van der Waals surface area contributed by atoms with Gasteiger partial charge >= 0.3 is 0 Å². The van der Waals surface area contributed by atoms with Crippen molar-refractivity contribution in [3.63, 3.8) is 0 Å². The molecule has 0 radical (unpaired) electrons. The zero-order chi connectivity index (χ0) is 11.9. The fraction of sp³-hybridized carbons (Fsp3) is 0.154. The van der Waals surface area contributed by atoms with E-state index in [1.54, 1.807) is 12.3 Å². The van der Waals surface area contributed by atoms with Gasteiger partial charge in [-0.3, -0.25) is 0 Å². The predicted octanol–water partition coefficient (Wildman–Crippen LogP) is 2.15. The Hall–Kier alpha value is -2.23. The van der Waals surface area contributed by atoms with E-state index in [1.165, 1.54) is 0 Å². The molecule has 2 aromatic rings. The predicted molar refractivity (Wildman–Crippen MR) is 69.1 cm³/mol. The van der Waals surface area contributed by atoms with Crippen LogP contribution in [-0.4, -0.2) is 18.1 Å². The van der Waals surface area contributed by atoms with Crippen LogP contribution in [0.5, 0.6) is 5.75 Å². The largest absolute Gasteiger partial charge is 0.492 e. The van der Waals surface area contributed by atoms with Crippen LogP contribution in [0.3, 0.4) is 0 Å². The number of benzene rings is 1. The van der Waals surface area contributed by atoms with Crippen molar-refractivity contribution in [3.8, 4) is 5.75 Å². The van der Waals surface area contributed by atoms with Gasteiger partial charge in [-0.05, 0) is 24.3 Å². The fourth-order valence-corrected chi connectivity index (χ4v) is 1.42. The fourth-order valence-electron chi connectivity index (χ4n) is 1.42. The molecule has 0 bridgehead atoms. The van der Waals surface area contributed by atoms with E-state index in [0.717, 1.165) is 5.75 Å². The van der Waals surface area contributed by atoms with E-state index >= 15 is 0 Å². The molecule has 4 nitrogen and oxygen atoms in total. The molecule has 2 rings (SSSR count). The number of hydrogen-bond donors (Lipinski definition) is 2. The Morgan fingerprint density at radius 3 is 2.71 bits per heavy atom. The van der Waals surface area contributed by atoms with E-state index < -0.39 is 0 Å². The van der Waals surface area contributed by atoms with Gasteiger partial charge in [0.05, 0.1) is 12.2 Å². The van der Waals surface area contributed by atoms with Crippen molar-refractivity contribution in [2.45, 2.75) is 0 Å². The highest BCUT2D eigenvalue weighted by Gasteiger charge is 1.97. The highest BCUT2D eigenvalue weighted by Crippen LogP contribution is 2.12. The van der Waals surface area contributed by atoms with Gasteiger partial charge < -0.3 is 15.8 Å². The molecule has 0 aliphatic rings. The first-order valence-corrected chi connectivity index (χ1v) is 5.48. The number of nitrogens with two attached hydrogens (primary N) is 1. The van der Waals surface area contributed by atoms with Gasteiger partial charge in [0, 0.05) is 6.20 Å². The third kappa shape index (κ3) is 3.38. The minimum atomic E-state index is 0.569. The molecule has 17 heavy (non-hydrogen) atoms. The SMILES string of the molecule is Nc1cccnc1NCCOc1ccccc1. The highest BCUT2D eigenvalue weighted by molar-refractivity contribution is 5.60. The van der Waals surface area contributed by atoms with Crippen LogP contribution in [0.4, 0.5) is 11.5 Å². The lowest BCUT2D eigenvalue weighted by molar-refractivity contribution is 0.333. The van der Waals surface area contributed by atoms with Crippen molar-refractivity contribution < 1.29 is 4.74 Å². The second-order valence-corrected chi connectivity index (χ2v) is 3.53. The summed E-state index contributed by atoms with van der Waals surface area (Å²) in [4.78, 5) is 4.13. The number of nitrogens with one attached hydrogen (secondary N) is 1. The molecule has 1 heterocycles. The molecule has 4 heteroatoms. The molecule has 0 spiro atoms. The molecule has 3 N–H and O–H groups in total. The van der Waals surface area contributed by atoms with Gasteiger partial charge in [-0.15, -0.1) is 0 Å². The van der Waals surface area contributed by atoms with E-state index in [4.69, 9.17) is 10.5 Å². The van der Waals surface area contributed by atoms with Crippen LogP contribution >= 0.6 is 0 Å². The number of aromatic nitrogens is 1. The molecule has 0 unspecified atom stereocenters. The van der Waals surface area contributed by atoms with Crippen molar-refractivity contribution in [2.75, 3.05) is 24.2 Å². The Morgan fingerprint density at radius 1 is 1.12 bits per heavy atom. The minimum absolute atomic E-state index is 0.569. The molecule has 0 amide bonds. The monoisotopic (exact) mass is 229 g/mol. The maximum Gasteiger partial charge on any atom is 0.149 e. The van der Waals surface area contributed by atoms with E-state index in [1.807, 2.05) is 36.4 Å². The molecule has 0 aliphatic carbocycles. The zero-order valence-electron chi connectivity index (χ0n) is 9.47. The number of nitrogens with zero attached hydrogens (tertiary/aromatic N) is 1.